The van der Waals surface area contributed by atoms with E-state index in [1.54, 1.807) is 7.11 Å². The highest BCUT2D eigenvalue weighted by Gasteiger charge is 2.15. The van der Waals surface area contributed by atoms with Crippen LogP contribution in [0.15, 0.2) is 41.4 Å². The summed E-state index contributed by atoms with van der Waals surface area (Å²) in [5, 5.41) is 7.96. The van der Waals surface area contributed by atoms with Crippen LogP contribution in [0.1, 0.15) is 5.56 Å². The van der Waals surface area contributed by atoms with Crippen LogP contribution in [0.25, 0.3) is 0 Å². The van der Waals surface area contributed by atoms with Crippen LogP contribution in [0, 0.1) is 17.5 Å². The van der Waals surface area contributed by atoms with Crippen molar-refractivity contribution in [3.63, 3.8) is 0 Å². The molecule has 0 saturated heterocycles. The van der Waals surface area contributed by atoms with Crippen molar-refractivity contribution >= 4 is 41.5 Å². The summed E-state index contributed by atoms with van der Waals surface area (Å²) in [5.41, 5.74) is 0.573. The molecule has 0 aliphatic rings. The quantitative estimate of drug-likeness (QED) is 0.226. The third-order valence-corrected chi connectivity index (χ3v) is 3.83. The summed E-state index contributed by atoms with van der Waals surface area (Å²) in [6.07, 6.45) is 0.664. The normalized spacial score (nSPS) is 10.7. The number of hydrogen-bond acceptors (Lipinski definition) is 3. The standard InChI is InChI=1S/C19H21F3N4O2.HI/c1-23-19(24-10-9-12-5-3-4-6-15(12)28-2)25-11-16(27)26-14-8-7-13(20)17(21)18(14)22;/h3-8H,9-11H2,1-2H3,(H,26,27)(H2,23,24,25);1H. The number of hydrogen-bond donors (Lipinski definition) is 3. The van der Waals surface area contributed by atoms with E-state index in [1.165, 1.54) is 7.05 Å². The molecule has 0 unspecified atom stereocenters. The minimum atomic E-state index is -1.64. The van der Waals surface area contributed by atoms with Crippen LogP contribution in [0.3, 0.4) is 0 Å². The zero-order valence-electron chi connectivity index (χ0n) is 15.9. The summed E-state index contributed by atoms with van der Waals surface area (Å²) in [6, 6.07) is 9.29. The van der Waals surface area contributed by atoms with Crippen LogP contribution in [0.4, 0.5) is 18.9 Å². The first-order chi connectivity index (χ1) is 13.5. The summed E-state index contributed by atoms with van der Waals surface area (Å²) in [6.45, 7) is 0.284. The van der Waals surface area contributed by atoms with Crippen molar-refractivity contribution in [3.8, 4) is 5.75 Å². The lowest BCUT2D eigenvalue weighted by Crippen LogP contribution is -2.42. The second-order valence-corrected chi connectivity index (χ2v) is 5.69. The van der Waals surface area contributed by atoms with E-state index in [9.17, 15) is 18.0 Å². The van der Waals surface area contributed by atoms with E-state index in [2.05, 4.69) is 20.9 Å². The SMILES string of the molecule is CN=C(NCCc1ccccc1OC)NCC(=O)Nc1ccc(F)c(F)c1F.I. The molecule has 0 heterocycles. The lowest BCUT2D eigenvalue weighted by Gasteiger charge is -2.13. The number of carbonyl (C=O) groups excluding carboxylic acids is 1. The van der Waals surface area contributed by atoms with Gasteiger partial charge in [0.2, 0.25) is 5.91 Å². The molecule has 158 valence electrons. The third kappa shape index (κ3) is 7.11. The Morgan fingerprint density at radius 2 is 1.79 bits per heavy atom. The maximum absolute atomic E-state index is 13.6. The summed E-state index contributed by atoms with van der Waals surface area (Å²) >= 11 is 0. The molecule has 0 bridgehead atoms. The number of methoxy groups -OCH3 is 1. The van der Waals surface area contributed by atoms with Gasteiger partial charge in [-0.1, -0.05) is 18.2 Å². The van der Waals surface area contributed by atoms with Crippen molar-refractivity contribution in [2.75, 3.05) is 32.6 Å². The van der Waals surface area contributed by atoms with E-state index < -0.39 is 29.0 Å². The Balaban J connectivity index is 0.00000420. The highest BCUT2D eigenvalue weighted by molar-refractivity contribution is 14.0. The minimum absolute atomic E-state index is 0. The average Bonchev–Trinajstić information content (AvgIpc) is 2.71. The molecule has 1 amide bonds. The molecule has 2 rings (SSSR count). The van der Waals surface area contributed by atoms with Gasteiger partial charge in [0.15, 0.2) is 23.4 Å². The number of rotatable bonds is 7. The molecule has 0 spiro atoms. The second kappa shape index (κ2) is 12.1. The predicted molar refractivity (Wildman–Crippen MR) is 116 cm³/mol. The highest BCUT2D eigenvalue weighted by atomic mass is 127. The molecular weight excluding hydrogens is 500 g/mol. The number of nitrogens with zero attached hydrogens (tertiary/aromatic N) is 1. The number of halogens is 4. The molecule has 0 radical (unpaired) electrons. The molecule has 0 aromatic heterocycles. The number of carbonyl (C=O) groups is 1. The largest absolute Gasteiger partial charge is 0.496 e. The van der Waals surface area contributed by atoms with E-state index in [1.807, 2.05) is 24.3 Å². The number of nitrogens with one attached hydrogen (secondary N) is 3. The number of anilines is 1. The Labute approximate surface area is 184 Å². The maximum Gasteiger partial charge on any atom is 0.243 e. The lowest BCUT2D eigenvalue weighted by atomic mass is 10.1. The molecule has 0 aliphatic carbocycles. The monoisotopic (exact) mass is 522 g/mol. The smallest absolute Gasteiger partial charge is 0.243 e. The molecule has 0 saturated carbocycles. The van der Waals surface area contributed by atoms with E-state index in [0.29, 0.717) is 18.9 Å². The first-order valence-corrected chi connectivity index (χ1v) is 8.46. The summed E-state index contributed by atoms with van der Waals surface area (Å²) in [7, 11) is 3.13. The molecule has 2 aromatic carbocycles. The van der Waals surface area contributed by atoms with Gasteiger partial charge in [-0.05, 0) is 30.2 Å². The fourth-order valence-corrected chi connectivity index (χ4v) is 2.43. The van der Waals surface area contributed by atoms with E-state index in [4.69, 9.17) is 4.74 Å². The molecule has 0 fully saturated rings. The molecule has 3 N–H and O–H groups in total. The first-order valence-electron chi connectivity index (χ1n) is 8.46. The summed E-state index contributed by atoms with van der Waals surface area (Å²) in [5.74, 6) is -3.92. The third-order valence-electron chi connectivity index (χ3n) is 3.83. The van der Waals surface area contributed by atoms with E-state index >= 15 is 0 Å². The summed E-state index contributed by atoms with van der Waals surface area (Å²) < 4.78 is 45.0. The van der Waals surface area contributed by atoms with Gasteiger partial charge in [-0.3, -0.25) is 9.79 Å². The van der Waals surface area contributed by atoms with Gasteiger partial charge in [0.1, 0.15) is 5.75 Å². The Bertz CT molecular complexity index is 865. The van der Waals surface area contributed by atoms with Gasteiger partial charge in [-0.25, -0.2) is 13.2 Å². The fraction of sp³-hybridized carbons (Fsp3) is 0.263. The van der Waals surface area contributed by atoms with Gasteiger partial charge in [0.25, 0.3) is 0 Å². The van der Waals surface area contributed by atoms with Crippen LogP contribution in [0.2, 0.25) is 0 Å². The minimum Gasteiger partial charge on any atom is -0.496 e. The lowest BCUT2D eigenvalue weighted by molar-refractivity contribution is -0.115. The van der Waals surface area contributed by atoms with Crippen molar-refractivity contribution in [2.24, 2.45) is 4.99 Å². The molecule has 29 heavy (non-hydrogen) atoms. The molecule has 10 heteroatoms. The first kappa shape index (κ1) is 24.5. The number of benzene rings is 2. The van der Waals surface area contributed by atoms with Crippen LogP contribution in [-0.2, 0) is 11.2 Å². The number of guanidine groups is 1. The predicted octanol–water partition coefficient (Wildman–Crippen LogP) is 3.08. The van der Waals surface area contributed by atoms with E-state index in [0.717, 1.165) is 23.4 Å². The summed E-state index contributed by atoms with van der Waals surface area (Å²) in [4.78, 5) is 15.9. The van der Waals surface area contributed by atoms with Crippen LogP contribution >= 0.6 is 24.0 Å². The van der Waals surface area contributed by atoms with Gasteiger partial charge in [-0.15, -0.1) is 24.0 Å². The maximum atomic E-state index is 13.6. The van der Waals surface area contributed by atoms with Crippen LogP contribution < -0.4 is 20.7 Å². The van der Waals surface area contributed by atoms with Gasteiger partial charge in [0, 0.05) is 13.6 Å². The molecular formula is C19H22F3IN4O2. The molecule has 0 atom stereocenters. The second-order valence-electron chi connectivity index (χ2n) is 5.69. The van der Waals surface area contributed by atoms with Gasteiger partial charge in [0.05, 0.1) is 19.3 Å². The highest BCUT2D eigenvalue weighted by Crippen LogP contribution is 2.19. The number of para-hydroxylation sites is 1. The van der Waals surface area contributed by atoms with Gasteiger partial charge in [-0.2, -0.15) is 0 Å². The van der Waals surface area contributed by atoms with Crippen molar-refractivity contribution in [2.45, 2.75) is 6.42 Å². The van der Waals surface area contributed by atoms with Crippen molar-refractivity contribution in [3.05, 3.63) is 59.4 Å². The number of aliphatic imine (C=N–C) groups is 1. The van der Waals surface area contributed by atoms with Gasteiger partial charge < -0.3 is 20.7 Å². The number of ether oxygens (including phenoxy) is 1. The Hall–Kier alpha value is -2.50. The Morgan fingerprint density at radius 1 is 1.07 bits per heavy atom. The van der Waals surface area contributed by atoms with Crippen molar-refractivity contribution in [1.82, 2.24) is 10.6 Å². The zero-order valence-corrected chi connectivity index (χ0v) is 18.2. The molecule has 2 aromatic rings. The number of amides is 1. The van der Waals surface area contributed by atoms with Crippen LogP contribution in [-0.4, -0.2) is 39.1 Å². The van der Waals surface area contributed by atoms with E-state index in [-0.39, 0.29) is 30.5 Å². The molecule has 0 aliphatic heterocycles. The topological polar surface area (TPSA) is 74.8 Å². The zero-order chi connectivity index (χ0) is 20.5. The van der Waals surface area contributed by atoms with Crippen LogP contribution in [0.5, 0.6) is 5.75 Å². The van der Waals surface area contributed by atoms with Crippen molar-refractivity contribution < 1.29 is 22.7 Å². The van der Waals surface area contributed by atoms with Crippen molar-refractivity contribution in [1.29, 1.82) is 0 Å². The average molecular weight is 522 g/mol. The molecule has 6 nitrogen and oxygen atoms in total. The Kier molecular flexibility index (Phi) is 10.3. The Morgan fingerprint density at radius 3 is 2.48 bits per heavy atom. The fourth-order valence-electron chi connectivity index (χ4n) is 2.43. The van der Waals surface area contributed by atoms with Gasteiger partial charge >= 0.3 is 0 Å².